The van der Waals surface area contributed by atoms with Crippen LogP contribution in [0.15, 0.2) is 79.1 Å². The van der Waals surface area contributed by atoms with Crippen LogP contribution >= 0.6 is 0 Å². The third-order valence-electron chi connectivity index (χ3n) is 5.41. The number of ether oxygens (including phenoxy) is 1. The van der Waals surface area contributed by atoms with Gasteiger partial charge in [0.2, 0.25) is 0 Å². The molecule has 0 amide bonds. The van der Waals surface area contributed by atoms with Gasteiger partial charge in [0.25, 0.3) is 0 Å². The number of nitrogens with zero attached hydrogens (tertiary/aromatic N) is 4. The summed E-state index contributed by atoms with van der Waals surface area (Å²) in [5, 5.41) is 0. The summed E-state index contributed by atoms with van der Waals surface area (Å²) in [4.78, 5) is 24.7. The number of carbonyl (C=O) groups excluding carboxylic acids is 1. The van der Waals surface area contributed by atoms with Gasteiger partial charge in [-0.1, -0.05) is 24.3 Å². The Morgan fingerprint density at radius 2 is 1.79 bits per heavy atom. The molecule has 5 rings (SSSR count). The van der Waals surface area contributed by atoms with Crippen LogP contribution in [0.4, 0.5) is 10.2 Å². The molecular formula is C26H20FN5O2. The van der Waals surface area contributed by atoms with Gasteiger partial charge >= 0.3 is 5.97 Å². The summed E-state index contributed by atoms with van der Waals surface area (Å²) in [6, 6.07) is 19.5. The Morgan fingerprint density at radius 3 is 2.50 bits per heavy atom. The van der Waals surface area contributed by atoms with Crippen molar-refractivity contribution in [2.24, 2.45) is 0 Å². The minimum atomic E-state index is -0.335. The summed E-state index contributed by atoms with van der Waals surface area (Å²) in [5.41, 5.74) is 11.5. The normalized spacial score (nSPS) is 11.0. The molecule has 7 nitrogen and oxygen atoms in total. The number of nitrogens with two attached hydrogens (primary N) is 1. The number of rotatable bonds is 5. The number of esters is 1. The van der Waals surface area contributed by atoms with Crippen molar-refractivity contribution in [3.8, 4) is 28.2 Å². The van der Waals surface area contributed by atoms with Gasteiger partial charge in [-0.2, -0.15) is 0 Å². The van der Waals surface area contributed by atoms with Gasteiger partial charge < -0.3 is 10.5 Å². The Morgan fingerprint density at radius 1 is 1.03 bits per heavy atom. The topological polar surface area (TPSA) is 95.9 Å². The third kappa shape index (κ3) is 4.09. The van der Waals surface area contributed by atoms with E-state index in [0.717, 1.165) is 27.9 Å². The van der Waals surface area contributed by atoms with Gasteiger partial charge in [-0.3, -0.25) is 9.36 Å². The molecule has 8 heteroatoms. The van der Waals surface area contributed by atoms with E-state index in [1.54, 1.807) is 30.6 Å². The molecule has 0 saturated carbocycles. The zero-order valence-corrected chi connectivity index (χ0v) is 18.3. The molecule has 3 aromatic heterocycles. The molecule has 0 unspecified atom stereocenters. The smallest absolute Gasteiger partial charge is 0.302 e. The maximum absolute atomic E-state index is 13.4. The van der Waals surface area contributed by atoms with Crippen LogP contribution < -0.4 is 5.73 Å². The minimum absolute atomic E-state index is 0.193. The predicted octanol–water partition coefficient (Wildman–Crippen LogP) is 4.93. The molecule has 0 aliphatic heterocycles. The Labute approximate surface area is 194 Å². The number of imidazole rings is 1. The Bertz CT molecular complexity index is 1490. The summed E-state index contributed by atoms with van der Waals surface area (Å²) in [6.45, 7) is 1.57. The lowest BCUT2D eigenvalue weighted by Crippen LogP contribution is -2.02. The van der Waals surface area contributed by atoms with Crippen molar-refractivity contribution < 1.29 is 13.9 Å². The van der Waals surface area contributed by atoms with E-state index in [0.29, 0.717) is 22.9 Å². The molecule has 0 radical (unpaired) electrons. The average molecular weight is 453 g/mol. The summed E-state index contributed by atoms with van der Waals surface area (Å²) >= 11 is 0. The number of anilines is 1. The third-order valence-corrected chi connectivity index (χ3v) is 5.41. The molecular weight excluding hydrogens is 433 g/mol. The Kier molecular flexibility index (Phi) is 5.47. The van der Waals surface area contributed by atoms with Gasteiger partial charge in [-0.15, -0.1) is 0 Å². The minimum Gasteiger partial charge on any atom is -0.461 e. The van der Waals surface area contributed by atoms with Crippen molar-refractivity contribution in [3.05, 3.63) is 90.5 Å². The standard InChI is InChI=1S/C26H20FN5O2/c1-16(33)34-15-17-4-10-21(11-5-17)32-23-13-19(18-6-8-20(27)9-7-18)14-30-25(23)31-26(32)22-3-2-12-29-24(22)28/h2-14H,15H2,1H3,(H2,28,29). The molecule has 0 bridgehead atoms. The number of hydrogen-bond acceptors (Lipinski definition) is 6. The Hall–Kier alpha value is -4.59. The highest BCUT2D eigenvalue weighted by molar-refractivity contribution is 5.86. The van der Waals surface area contributed by atoms with Crippen LogP contribution in [-0.4, -0.2) is 25.5 Å². The SMILES string of the molecule is CC(=O)OCc1ccc(-n2c(-c3cccnc3N)nc3ncc(-c4ccc(F)cc4)cc32)cc1. The molecule has 2 N–H and O–H groups in total. The van der Waals surface area contributed by atoms with E-state index in [4.69, 9.17) is 15.5 Å². The van der Waals surface area contributed by atoms with Crippen LogP contribution in [0.2, 0.25) is 0 Å². The molecule has 2 aromatic carbocycles. The van der Waals surface area contributed by atoms with Crippen molar-refractivity contribution >= 4 is 23.0 Å². The maximum atomic E-state index is 13.4. The molecule has 0 fully saturated rings. The highest BCUT2D eigenvalue weighted by atomic mass is 19.1. The maximum Gasteiger partial charge on any atom is 0.302 e. The van der Waals surface area contributed by atoms with E-state index in [1.165, 1.54) is 19.1 Å². The number of carbonyl (C=O) groups is 1. The van der Waals surface area contributed by atoms with E-state index in [1.807, 2.05) is 41.0 Å². The summed E-state index contributed by atoms with van der Waals surface area (Å²) in [7, 11) is 0. The number of halogens is 1. The van der Waals surface area contributed by atoms with Crippen molar-refractivity contribution in [1.29, 1.82) is 0 Å². The summed E-state index contributed by atoms with van der Waals surface area (Å²) in [6.07, 6.45) is 3.34. The summed E-state index contributed by atoms with van der Waals surface area (Å²) in [5.74, 6) is 0.311. The van der Waals surface area contributed by atoms with Gasteiger partial charge in [0.05, 0.1) is 11.1 Å². The first-order valence-corrected chi connectivity index (χ1v) is 10.6. The molecule has 3 heterocycles. The number of fused-ring (bicyclic) bond motifs is 1. The van der Waals surface area contributed by atoms with Crippen molar-refractivity contribution in [2.45, 2.75) is 13.5 Å². The molecule has 0 atom stereocenters. The van der Waals surface area contributed by atoms with Crippen LogP contribution in [0.25, 0.3) is 39.4 Å². The first-order valence-electron chi connectivity index (χ1n) is 10.6. The average Bonchev–Trinajstić information content (AvgIpc) is 3.22. The second-order valence-corrected chi connectivity index (χ2v) is 7.73. The van der Waals surface area contributed by atoms with E-state index < -0.39 is 0 Å². The number of benzene rings is 2. The predicted molar refractivity (Wildman–Crippen MR) is 127 cm³/mol. The molecule has 0 aliphatic carbocycles. The fourth-order valence-electron chi connectivity index (χ4n) is 3.74. The second-order valence-electron chi connectivity index (χ2n) is 7.73. The number of aromatic nitrogens is 4. The van der Waals surface area contributed by atoms with E-state index >= 15 is 0 Å². The fraction of sp³-hybridized carbons (Fsp3) is 0.0769. The highest BCUT2D eigenvalue weighted by Crippen LogP contribution is 2.32. The lowest BCUT2D eigenvalue weighted by molar-refractivity contribution is -0.142. The van der Waals surface area contributed by atoms with E-state index in [2.05, 4.69) is 9.97 Å². The highest BCUT2D eigenvalue weighted by Gasteiger charge is 2.18. The molecule has 168 valence electrons. The lowest BCUT2D eigenvalue weighted by Gasteiger charge is -2.12. The van der Waals surface area contributed by atoms with Crippen LogP contribution in [0.1, 0.15) is 12.5 Å². The summed E-state index contributed by atoms with van der Waals surface area (Å²) < 4.78 is 20.5. The van der Waals surface area contributed by atoms with Crippen molar-refractivity contribution in [3.63, 3.8) is 0 Å². The molecule has 0 spiro atoms. The lowest BCUT2D eigenvalue weighted by atomic mass is 10.1. The second kappa shape index (κ2) is 8.74. The molecule has 0 saturated heterocycles. The first-order chi connectivity index (χ1) is 16.5. The zero-order valence-electron chi connectivity index (χ0n) is 18.3. The van der Waals surface area contributed by atoms with Gasteiger partial charge in [-0.05, 0) is 53.6 Å². The number of pyridine rings is 2. The largest absolute Gasteiger partial charge is 0.461 e. The van der Waals surface area contributed by atoms with Gasteiger partial charge in [0.1, 0.15) is 18.2 Å². The number of hydrogen-bond donors (Lipinski definition) is 1. The van der Waals surface area contributed by atoms with Gasteiger partial charge in [0, 0.05) is 30.6 Å². The van der Waals surface area contributed by atoms with E-state index in [9.17, 15) is 9.18 Å². The molecule has 34 heavy (non-hydrogen) atoms. The van der Waals surface area contributed by atoms with Crippen LogP contribution in [0.3, 0.4) is 0 Å². The molecule has 0 aliphatic rings. The Balaban J connectivity index is 1.68. The number of nitrogen functional groups attached to an aromatic ring is 1. The molecule has 5 aromatic rings. The van der Waals surface area contributed by atoms with Gasteiger partial charge in [-0.25, -0.2) is 19.3 Å². The quantitative estimate of drug-likeness (QED) is 0.379. The van der Waals surface area contributed by atoms with Crippen LogP contribution in [-0.2, 0) is 16.1 Å². The van der Waals surface area contributed by atoms with Crippen LogP contribution in [0.5, 0.6) is 0 Å². The monoisotopic (exact) mass is 453 g/mol. The zero-order chi connectivity index (χ0) is 23.7. The van der Waals surface area contributed by atoms with E-state index in [-0.39, 0.29) is 18.4 Å². The fourth-order valence-corrected chi connectivity index (χ4v) is 3.74. The van der Waals surface area contributed by atoms with Gasteiger partial charge in [0.15, 0.2) is 11.5 Å². The van der Waals surface area contributed by atoms with Crippen molar-refractivity contribution in [2.75, 3.05) is 5.73 Å². The van der Waals surface area contributed by atoms with Crippen molar-refractivity contribution in [1.82, 2.24) is 19.5 Å². The first kappa shape index (κ1) is 21.3. The van der Waals surface area contributed by atoms with Crippen LogP contribution in [0, 0.1) is 5.82 Å².